The van der Waals surface area contributed by atoms with E-state index in [1.165, 1.54) is 29.3 Å². The topological polar surface area (TPSA) is 33.1 Å². The minimum atomic E-state index is 0.678. The van der Waals surface area contributed by atoms with Crippen LogP contribution in [0, 0.1) is 0 Å². The Morgan fingerprint density at radius 2 is 2.14 bits per heavy atom. The Balaban J connectivity index is 2.05. The van der Waals surface area contributed by atoms with Gasteiger partial charge in [-0.15, -0.1) is 0 Å². The zero-order valence-corrected chi connectivity index (χ0v) is 12.6. The Labute approximate surface area is 127 Å². The number of hydrogen-bond donors (Lipinski definition) is 1. The monoisotopic (exact) mass is 297 g/mol. The smallest absolute Gasteiger partial charge is 0.157 e. The zero-order valence-electron chi connectivity index (χ0n) is 11.9. The Bertz CT molecular complexity index is 949. The van der Waals surface area contributed by atoms with E-state index in [0.717, 1.165) is 23.2 Å². The second kappa shape index (κ2) is 4.78. The molecule has 0 unspecified atom stereocenters. The largest absolute Gasteiger partial charge is 0.339 e. The van der Waals surface area contributed by atoms with Crippen molar-refractivity contribution in [3.8, 4) is 0 Å². The van der Waals surface area contributed by atoms with Crippen molar-refractivity contribution in [3.05, 3.63) is 47.1 Å². The first-order valence-electron chi connectivity index (χ1n) is 7.35. The number of nitrogens with one attached hydrogen (secondary N) is 1. The molecule has 4 heteroatoms. The van der Waals surface area contributed by atoms with Crippen LogP contribution in [0.5, 0.6) is 0 Å². The second-order valence-electron chi connectivity index (χ2n) is 5.43. The fourth-order valence-corrected chi connectivity index (χ4v) is 3.19. The van der Waals surface area contributed by atoms with Gasteiger partial charge in [0.15, 0.2) is 5.65 Å². The molecule has 0 saturated carbocycles. The Morgan fingerprint density at radius 1 is 1.24 bits per heavy atom. The lowest BCUT2D eigenvalue weighted by Gasteiger charge is -2.02. The van der Waals surface area contributed by atoms with Crippen molar-refractivity contribution in [2.75, 3.05) is 0 Å². The average molecular weight is 298 g/mol. The third kappa shape index (κ3) is 1.84. The van der Waals surface area contributed by atoms with Crippen LogP contribution in [0.1, 0.15) is 25.3 Å². The molecule has 1 aromatic carbocycles. The van der Waals surface area contributed by atoms with Crippen LogP contribution in [0.25, 0.3) is 27.7 Å². The zero-order chi connectivity index (χ0) is 14.4. The molecule has 21 heavy (non-hydrogen) atoms. The maximum Gasteiger partial charge on any atom is 0.157 e. The van der Waals surface area contributed by atoms with E-state index in [2.05, 4.69) is 30.1 Å². The van der Waals surface area contributed by atoms with Gasteiger partial charge in [0, 0.05) is 11.6 Å². The minimum Gasteiger partial charge on any atom is -0.339 e. The first-order valence-corrected chi connectivity index (χ1v) is 7.73. The molecule has 1 N–H and O–H groups in total. The SMILES string of the molecule is CCCCc1cccc2c1[nH]c1c2nc2c(Cl)cccn21. The number of aromatic amines is 1. The van der Waals surface area contributed by atoms with Gasteiger partial charge in [-0.1, -0.05) is 43.1 Å². The molecule has 0 atom stereocenters. The number of rotatable bonds is 3. The van der Waals surface area contributed by atoms with E-state index in [4.69, 9.17) is 16.6 Å². The number of nitrogens with zero attached hydrogens (tertiary/aromatic N) is 2. The summed E-state index contributed by atoms with van der Waals surface area (Å²) in [6, 6.07) is 10.3. The van der Waals surface area contributed by atoms with E-state index >= 15 is 0 Å². The number of unbranched alkanes of at least 4 members (excludes halogenated alkanes) is 1. The summed E-state index contributed by atoms with van der Waals surface area (Å²) in [5.41, 5.74) is 5.39. The fourth-order valence-electron chi connectivity index (χ4n) is 2.98. The first-order chi connectivity index (χ1) is 10.3. The molecule has 3 heterocycles. The Morgan fingerprint density at radius 3 is 3.00 bits per heavy atom. The summed E-state index contributed by atoms with van der Waals surface area (Å²) < 4.78 is 2.03. The van der Waals surface area contributed by atoms with E-state index in [9.17, 15) is 0 Å². The number of pyridine rings is 1. The number of halogens is 1. The van der Waals surface area contributed by atoms with Gasteiger partial charge >= 0.3 is 0 Å². The lowest BCUT2D eigenvalue weighted by Crippen LogP contribution is -1.88. The van der Waals surface area contributed by atoms with Crippen molar-refractivity contribution in [2.45, 2.75) is 26.2 Å². The van der Waals surface area contributed by atoms with Crippen LogP contribution in [0.4, 0.5) is 0 Å². The second-order valence-corrected chi connectivity index (χ2v) is 5.83. The Kier molecular flexibility index (Phi) is 2.89. The van der Waals surface area contributed by atoms with Crippen LogP contribution < -0.4 is 0 Å². The molecule has 0 spiro atoms. The van der Waals surface area contributed by atoms with Gasteiger partial charge in [-0.2, -0.15) is 0 Å². The predicted molar refractivity (Wildman–Crippen MR) is 88.2 cm³/mol. The molecular weight excluding hydrogens is 282 g/mol. The molecule has 106 valence electrons. The summed E-state index contributed by atoms with van der Waals surface area (Å²) in [7, 11) is 0. The van der Waals surface area contributed by atoms with Crippen molar-refractivity contribution in [3.63, 3.8) is 0 Å². The normalized spacial score (nSPS) is 11.9. The Hall–Kier alpha value is -2.00. The maximum atomic E-state index is 6.24. The molecule has 3 nitrogen and oxygen atoms in total. The molecule has 4 aromatic rings. The minimum absolute atomic E-state index is 0.678. The number of para-hydroxylation sites is 1. The van der Waals surface area contributed by atoms with Crippen LogP contribution >= 0.6 is 11.6 Å². The molecule has 0 saturated heterocycles. The van der Waals surface area contributed by atoms with Gasteiger partial charge < -0.3 is 4.98 Å². The standard InChI is InChI=1S/C17H16ClN3/c1-2-3-6-11-7-4-8-12-14(11)19-17-15(12)20-16-13(18)9-5-10-21(16)17/h4-5,7-10,19H,2-3,6H2,1H3. The summed E-state index contributed by atoms with van der Waals surface area (Å²) in [4.78, 5) is 8.27. The number of benzene rings is 1. The highest BCUT2D eigenvalue weighted by molar-refractivity contribution is 6.33. The van der Waals surface area contributed by atoms with Gasteiger partial charge in [-0.25, -0.2) is 4.98 Å². The molecule has 0 amide bonds. The van der Waals surface area contributed by atoms with Crippen LogP contribution in [0.15, 0.2) is 36.5 Å². The maximum absolute atomic E-state index is 6.24. The highest BCUT2D eigenvalue weighted by atomic mass is 35.5. The molecule has 0 aliphatic heterocycles. The number of H-pyrrole nitrogens is 1. The summed E-state index contributed by atoms with van der Waals surface area (Å²) >= 11 is 6.24. The lowest BCUT2D eigenvalue weighted by molar-refractivity contribution is 0.798. The molecule has 3 aromatic heterocycles. The number of fused-ring (bicyclic) bond motifs is 5. The molecule has 0 radical (unpaired) electrons. The highest BCUT2D eigenvalue weighted by Gasteiger charge is 2.14. The molecule has 0 bridgehead atoms. The van der Waals surface area contributed by atoms with E-state index in [0.29, 0.717) is 5.02 Å². The number of hydrogen-bond acceptors (Lipinski definition) is 1. The number of aryl methyl sites for hydroxylation is 1. The first kappa shape index (κ1) is 12.7. The highest BCUT2D eigenvalue weighted by Crippen LogP contribution is 2.30. The van der Waals surface area contributed by atoms with E-state index in [1.807, 2.05) is 22.7 Å². The summed E-state index contributed by atoms with van der Waals surface area (Å²) in [5, 5.41) is 1.86. The lowest BCUT2D eigenvalue weighted by atomic mass is 10.1. The predicted octanol–water partition coefficient (Wildman–Crippen LogP) is 4.96. The molecule has 0 aliphatic rings. The van der Waals surface area contributed by atoms with Crippen molar-refractivity contribution in [1.29, 1.82) is 0 Å². The van der Waals surface area contributed by atoms with Gasteiger partial charge in [0.2, 0.25) is 0 Å². The third-order valence-electron chi connectivity index (χ3n) is 4.05. The van der Waals surface area contributed by atoms with Gasteiger partial charge in [0.05, 0.1) is 10.5 Å². The van der Waals surface area contributed by atoms with Gasteiger partial charge in [-0.3, -0.25) is 4.40 Å². The van der Waals surface area contributed by atoms with Crippen LogP contribution in [0.3, 0.4) is 0 Å². The van der Waals surface area contributed by atoms with Crippen LogP contribution in [0.2, 0.25) is 5.02 Å². The van der Waals surface area contributed by atoms with E-state index in [1.54, 1.807) is 0 Å². The fraction of sp³-hybridized carbons (Fsp3) is 0.235. The van der Waals surface area contributed by atoms with Gasteiger partial charge in [0.25, 0.3) is 0 Å². The summed E-state index contributed by atoms with van der Waals surface area (Å²) in [6.45, 7) is 2.22. The van der Waals surface area contributed by atoms with Crippen molar-refractivity contribution < 1.29 is 0 Å². The van der Waals surface area contributed by atoms with E-state index in [-0.39, 0.29) is 0 Å². The van der Waals surface area contributed by atoms with Crippen molar-refractivity contribution in [2.24, 2.45) is 0 Å². The quantitative estimate of drug-likeness (QED) is 0.569. The van der Waals surface area contributed by atoms with Crippen LogP contribution in [-0.4, -0.2) is 14.4 Å². The van der Waals surface area contributed by atoms with Gasteiger partial charge in [-0.05, 0) is 30.5 Å². The average Bonchev–Trinajstić information content (AvgIpc) is 3.03. The molecule has 0 fully saturated rings. The molecule has 4 rings (SSSR count). The third-order valence-corrected chi connectivity index (χ3v) is 4.35. The molecular formula is C17H16ClN3. The van der Waals surface area contributed by atoms with Gasteiger partial charge in [0.1, 0.15) is 11.2 Å². The number of aromatic nitrogens is 3. The number of imidazole rings is 1. The summed E-state index contributed by atoms with van der Waals surface area (Å²) in [5.74, 6) is 0. The van der Waals surface area contributed by atoms with E-state index < -0.39 is 0 Å². The molecule has 0 aliphatic carbocycles. The van der Waals surface area contributed by atoms with Crippen molar-refractivity contribution in [1.82, 2.24) is 14.4 Å². The summed E-state index contributed by atoms with van der Waals surface area (Å²) in [6.07, 6.45) is 5.50. The van der Waals surface area contributed by atoms with Crippen molar-refractivity contribution >= 4 is 39.3 Å². The van der Waals surface area contributed by atoms with Crippen LogP contribution in [-0.2, 0) is 6.42 Å².